The van der Waals surface area contributed by atoms with Crippen LogP contribution in [0.4, 0.5) is 0 Å². The molecule has 1 fully saturated rings. The van der Waals surface area contributed by atoms with E-state index in [0.717, 1.165) is 37.9 Å². The maximum atomic E-state index is 13.3. The van der Waals surface area contributed by atoms with E-state index < -0.39 is 5.60 Å². The van der Waals surface area contributed by atoms with E-state index in [1.54, 1.807) is 14.0 Å². The van der Waals surface area contributed by atoms with Crippen LogP contribution in [0.25, 0.3) is 0 Å². The number of benzene rings is 2. The molecule has 2 aromatic carbocycles. The molecule has 1 unspecified atom stereocenters. The van der Waals surface area contributed by atoms with Gasteiger partial charge in [0.1, 0.15) is 0 Å². The molecule has 0 radical (unpaired) electrons. The van der Waals surface area contributed by atoms with Crippen LogP contribution in [-0.4, -0.2) is 48.2 Å². The Kier molecular flexibility index (Phi) is 6.07. The Morgan fingerprint density at radius 1 is 1.10 bits per heavy atom. The molecular formula is C25H29N3O3. The van der Waals surface area contributed by atoms with Crippen LogP contribution in [0.2, 0.25) is 0 Å². The largest absolute Gasteiger partial charge is 0.379 e. The number of piperidine rings is 1. The van der Waals surface area contributed by atoms with Gasteiger partial charge in [-0.15, -0.1) is 0 Å². The second-order valence-electron chi connectivity index (χ2n) is 8.59. The van der Waals surface area contributed by atoms with E-state index in [-0.39, 0.29) is 11.8 Å². The van der Waals surface area contributed by atoms with Crippen LogP contribution in [0.3, 0.4) is 0 Å². The summed E-state index contributed by atoms with van der Waals surface area (Å²) in [7, 11) is 1.58. The fourth-order valence-corrected chi connectivity index (χ4v) is 4.45. The van der Waals surface area contributed by atoms with Crippen LogP contribution in [-0.2, 0) is 16.1 Å². The van der Waals surface area contributed by atoms with Crippen molar-refractivity contribution in [2.24, 2.45) is 11.1 Å². The maximum Gasteiger partial charge on any atom is 0.266 e. The van der Waals surface area contributed by atoms with Crippen LogP contribution in [0.15, 0.2) is 59.8 Å². The molecule has 6 heteroatoms. The van der Waals surface area contributed by atoms with E-state index in [9.17, 15) is 9.59 Å². The molecule has 162 valence electrons. The zero-order valence-electron chi connectivity index (χ0n) is 18.1. The van der Waals surface area contributed by atoms with E-state index in [1.165, 1.54) is 5.56 Å². The van der Waals surface area contributed by atoms with Gasteiger partial charge >= 0.3 is 0 Å². The summed E-state index contributed by atoms with van der Waals surface area (Å²) in [5.74, 6) is 0.392. The predicted octanol–water partition coefficient (Wildman–Crippen LogP) is 3.41. The molecule has 1 N–H and O–H groups in total. The Bertz CT molecular complexity index is 981. The molecule has 31 heavy (non-hydrogen) atoms. The van der Waals surface area contributed by atoms with Crippen LogP contribution < -0.4 is 5.32 Å². The van der Waals surface area contributed by atoms with Crippen molar-refractivity contribution in [1.82, 2.24) is 10.2 Å². The first kappa shape index (κ1) is 21.1. The van der Waals surface area contributed by atoms with Gasteiger partial charge in [0.25, 0.3) is 11.8 Å². The maximum absolute atomic E-state index is 13.3. The Labute approximate surface area is 183 Å². The van der Waals surface area contributed by atoms with E-state index in [2.05, 4.69) is 34.7 Å². The minimum absolute atomic E-state index is 0.0185. The van der Waals surface area contributed by atoms with Gasteiger partial charge < -0.3 is 15.1 Å². The molecule has 1 atom stereocenters. The number of oxime groups is 1. The number of carbonyl (C=O) groups excluding carboxylic acids is 2. The number of rotatable bonds is 5. The number of carbonyl (C=O) groups is 2. The highest BCUT2D eigenvalue weighted by Crippen LogP contribution is 2.29. The van der Waals surface area contributed by atoms with Gasteiger partial charge in [0.2, 0.25) is 5.60 Å². The normalized spacial score (nSPS) is 21.4. The molecule has 2 amide bonds. The first-order chi connectivity index (χ1) is 15.0. The summed E-state index contributed by atoms with van der Waals surface area (Å²) in [5, 5.41) is 6.78. The van der Waals surface area contributed by atoms with Crippen molar-refractivity contribution >= 4 is 17.5 Å². The minimum Gasteiger partial charge on any atom is -0.379 e. The highest BCUT2D eigenvalue weighted by molar-refractivity contribution is 6.12. The molecule has 0 bridgehead atoms. The molecule has 2 aliphatic heterocycles. The number of nitrogens with one attached hydrogen (secondary N) is 1. The van der Waals surface area contributed by atoms with Gasteiger partial charge in [-0.2, -0.15) is 0 Å². The van der Waals surface area contributed by atoms with E-state index in [4.69, 9.17) is 4.84 Å². The molecule has 0 aromatic heterocycles. The summed E-state index contributed by atoms with van der Waals surface area (Å²) in [6.45, 7) is 3.22. The number of hydrogen-bond donors (Lipinski definition) is 1. The van der Waals surface area contributed by atoms with Gasteiger partial charge in [-0.05, 0) is 43.7 Å². The third-order valence-electron chi connectivity index (χ3n) is 6.31. The van der Waals surface area contributed by atoms with Crippen molar-refractivity contribution in [2.75, 3.05) is 20.1 Å². The number of likely N-dealkylation sites (tertiary alicyclic amines) is 1. The van der Waals surface area contributed by atoms with Gasteiger partial charge in [0.15, 0.2) is 0 Å². The van der Waals surface area contributed by atoms with Gasteiger partial charge in [0.05, 0.1) is 5.71 Å². The lowest BCUT2D eigenvalue weighted by Crippen LogP contribution is -2.43. The third kappa shape index (κ3) is 4.48. The molecular weight excluding hydrogens is 390 g/mol. The van der Waals surface area contributed by atoms with Crippen molar-refractivity contribution in [3.63, 3.8) is 0 Å². The van der Waals surface area contributed by atoms with Crippen LogP contribution >= 0.6 is 0 Å². The molecule has 2 aromatic rings. The lowest BCUT2D eigenvalue weighted by molar-refractivity contribution is -0.141. The second-order valence-corrected chi connectivity index (χ2v) is 8.59. The SMILES string of the molecule is CNC(=O)C1(C)CC(c2ccccc2C(=O)N2CCC(Cc3ccccc3)CC2)=NO1. The number of amides is 2. The molecule has 2 heterocycles. The predicted molar refractivity (Wildman–Crippen MR) is 120 cm³/mol. The van der Waals surface area contributed by atoms with Crippen molar-refractivity contribution in [3.8, 4) is 0 Å². The number of likely N-dealkylation sites (N-methyl/N-ethyl adjacent to an activating group) is 1. The molecule has 6 nitrogen and oxygen atoms in total. The van der Waals surface area contributed by atoms with Crippen LogP contribution in [0.1, 0.15) is 47.7 Å². The highest BCUT2D eigenvalue weighted by Gasteiger charge is 2.42. The number of nitrogens with zero attached hydrogens (tertiary/aromatic N) is 2. The Morgan fingerprint density at radius 2 is 1.77 bits per heavy atom. The fraction of sp³-hybridized carbons (Fsp3) is 0.400. The van der Waals surface area contributed by atoms with Gasteiger partial charge in [-0.25, -0.2) is 0 Å². The average molecular weight is 420 g/mol. The monoisotopic (exact) mass is 419 g/mol. The quantitative estimate of drug-likeness (QED) is 0.807. The van der Waals surface area contributed by atoms with Crippen molar-refractivity contribution < 1.29 is 14.4 Å². The highest BCUT2D eigenvalue weighted by atomic mass is 16.7. The minimum atomic E-state index is -1.05. The summed E-state index contributed by atoms with van der Waals surface area (Å²) >= 11 is 0. The smallest absolute Gasteiger partial charge is 0.266 e. The van der Waals surface area contributed by atoms with E-state index in [1.807, 2.05) is 35.2 Å². The summed E-state index contributed by atoms with van der Waals surface area (Å²) in [4.78, 5) is 32.9. The zero-order valence-corrected chi connectivity index (χ0v) is 18.1. The standard InChI is InChI=1S/C25H29N3O3/c1-25(24(30)26-2)17-22(27-31-25)20-10-6-7-11-21(20)23(29)28-14-12-19(13-15-28)16-18-8-4-3-5-9-18/h3-11,19H,12-17H2,1-2H3,(H,26,30). The molecule has 0 saturated carbocycles. The summed E-state index contributed by atoms with van der Waals surface area (Å²) in [5.41, 5.74) is 2.31. The second kappa shape index (κ2) is 8.92. The molecule has 2 aliphatic rings. The summed E-state index contributed by atoms with van der Waals surface area (Å²) < 4.78 is 0. The molecule has 4 rings (SSSR count). The first-order valence-corrected chi connectivity index (χ1v) is 10.9. The summed E-state index contributed by atoms with van der Waals surface area (Å²) in [6.07, 6.45) is 3.39. The van der Waals surface area contributed by atoms with Gasteiger partial charge in [-0.1, -0.05) is 53.7 Å². The van der Waals surface area contributed by atoms with E-state index in [0.29, 0.717) is 23.6 Å². The van der Waals surface area contributed by atoms with Gasteiger partial charge in [0, 0.05) is 37.7 Å². The first-order valence-electron chi connectivity index (χ1n) is 10.9. The molecule has 0 spiro atoms. The Balaban J connectivity index is 1.43. The Morgan fingerprint density at radius 3 is 2.48 bits per heavy atom. The van der Waals surface area contributed by atoms with Gasteiger partial charge in [-0.3, -0.25) is 9.59 Å². The topological polar surface area (TPSA) is 71.0 Å². The van der Waals surface area contributed by atoms with Crippen molar-refractivity contribution in [3.05, 3.63) is 71.3 Å². The Hall–Kier alpha value is -3.15. The third-order valence-corrected chi connectivity index (χ3v) is 6.31. The van der Waals surface area contributed by atoms with Crippen LogP contribution in [0, 0.1) is 5.92 Å². The lowest BCUT2D eigenvalue weighted by Gasteiger charge is -2.32. The average Bonchev–Trinajstić information content (AvgIpc) is 3.22. The number of hydrogen-bond acceptors (Lipinski definition) is 4. The fourth-order valence-electron chi connectivity index (χ4n) is 4.45. The zero-order chi connectivity index (χ0) is 21.8. The summed E-state index contributed by atoms with van der Waals surface area (Å²) in [6, 6.07) is 18.0. The van der Waals surface area contributed by atoms with Crippen LogP contribution in [0.5, 0.6) is 0 Å². The molecule has 0 aliphatic carbocycles. The van der Waals surface area contributed by atoms with Crippen molar-refractivity contribution in [2.45, 2.75) is 38.2 Å². The molecule has 1 saturated heterocycles. The van der Waals surface area contributed by atoms with Crippen molar-refractivity contribution in [1.29, 1.82) is 0 Å². The van der Waals surface area contributed by atoms with E-state index >= 15 is 0 Å². The lowest BCUT2D eigenvalue weighted by atomic mass is 9.89.